The number of carbonyl (C=O) groups excluding carboxylic acids is 1. The van der Waals surface area contributed by atoms with Crippen molar-refractivity contribution in [3.05, 3.63) is 103 Å². The zero-order valence-corrected chi connectivity index (χ0v) is 55.1. The van der Waals surface area contributed by atoms with E-state index in [2.05, 4.69) is 75.2 Å². The molecule has 9 aromatic rings. The van der Waals surface area contributed by atoms with Crippen molar-refractivity contribution in [1.82, 2.24) is 68.3 Å². The highest BCUT2D eigenvalue weighted by Crippen LogP contribution is 2.41. The number of aliphatic hydroxyl groups is 3. The summed E-state index contributed by atoms with van der Waals surface area (Å²) >= 11 is 0. The third-order valence-electron chi connectivity index (χ3n) is 18.5. The van der Waals surface area contributed by atoms with E-state index in [9.17, 15) is 20.1 Å². The number of aromatic nitrogens is 14. The second-order valence-electron chi connectivity index (χ2n) is 25.8. The predicted octanol–water partition coefficient (Wildman–Crippen LogP) is 9.85. The van der Waals surface area contributed by atoms with Crippen molar-refractivity contribution in [2.75, 3.05) is 70.3 Å². The number of aliphatic hydroxyl groups excluding tert-OH is 3. The first-order chi connectivity index (χ1) is 45.2. The van der Waals surface area contributed by atoms with Gasteiger partial charge in [0.05, 0.1) is 91.7 Å². The highest BCUT2D eigenvalue weighted by molar-refractivity contribution is 5.94. The van der Waals surface area contributed by atoms with Crippen LogP contribution in [0.1, 0.15) is 175 Å². The number of nitrogens with one attached hydrogen (secondary N) is 3. The second kappa shape index (κ2) is 31.0. The average molecular weight is 1280 g/mol. The smallest absolute Gasteiger partial charge is 0.241 e. The summed E-state index contributed by atoms with van der Waals surface area (Å²) in [5.74, 6) is 2.80. The van der Waals surface area contributed by atoms with Crippen molar-refractivity contribution in [3.8, 4) is 33.4 Å². The fourth-order valence-corrected chi connectivity index (χ4v) is 13.5. The van der Waals surface area contributed by atoms with Crippen molar-refractivity contribution in [3.63, 3.8) is 0 Å². The van der Waals surface area contributed by atoms with Gasteiger partial charge in [-0.15, -0.1) is 15.3 Å². The Morgan fingerprint density at radius 1 is 0.527 bits per heavy atom. The lowest BCUT2D eigenvalue weighted by atomic mass is 9.85. The molecule has 3 aliphatic carbocycles. The van der Waals surface area contributed by atoms with Crippen LogP contribution >= 0.6 is 0 Å². The third-order valence-corrected chi connectivity index (χ3v) is 18.5. The molecule has 93 heavy (non-hydrogen) atoms. The maximum atomic E-state index is 12.0. The first kappa shape index (κ1) is 66.7. The minimum Gasteiger partial charge on any atom is -0.393 e. The molecule has 25 nitrogen and oxygen atoms in total. The number of ketones is 1. The molecule has 25 heteroatoms. The molecule has 0 radical (unpaired) electrons. The van der Waals surface area contributed by atoms with Gasteiger partial charge in [0, 0.05) is 153 Å². The maximum Gasteiger partial charge on any atom is 0.241 e. The van der Waals surface area contributed by atoms with E-state index in [1.54, 1.807) is 38.3 Å². The van der Waals surface area contributed by atoms with Crippen LogP contribution < -0.4 is 16.0 Å². The summed E-state index contributed by atoms with van der Waals surface area (Å²) in [4.78, 5) is 30.0. The van der Waals surface area contributed by atoms with E-state index < -0.39 is 0 Å². The molecular formula is C68H93N17O8. The molecule has 0 spiro atoms. The van der Waals surface area contributed by atoms with Crippen LogP contribution in [0.25, 0.3) is 49.9 Å². The summed E-state index contributed by atoms with van der Waals surface area (Å²) in [6.07, 6.45) is 27.8. The number of carbonyl (C=O) groups is 1. The Balaban J connectivity index is 0.000000143. The standard InChI is InChI=1S/C24H34N6O3.C24H31N5O3.C20H28N6O2/c1-16(15-32-2)27-24-25-13-23-21(18-12-26-29(14-18)19-7-9-33-10-8-19)11-22(30(23)28-24)17-3-5-20(31)6-4-17;1-4-23(31)20-10-7-17(12-25-20)19-11-21(16-5-8-18(30)9-6-16)29-22(19)13-26-24(28-29)27-15(2)14-32-3;1-13(12-28-3)23-20-21-10-19-17(15-9-22-25(2)11-15)8-18(26(19)24-20)14-4-6-16(27)7-5-14/h11-14,16-17,19-20,31H,3-10,15H2,1-2H3,(H,27,28);7,10-13,15-16,18,30H,4-6,8-9,14H2,1-3H3,(H,27,28);8-11,13-14,16,27H,4-7,12H2,1-3H3,(H,23,24)/t16-,17?,20?;15-,16?,18?;13-,14?,16?/m000/s1. The molecule has 3 saturated carbocycles. The van der Waals surface area contributed by atoms with Crippen molar-refractivity contribution in [2.45, 2.75) is 184 Å². The van der Waals surface area contributed by atoms with E-state index in [1.807, 2.05) is 91.5 Å². The number of nitrogens with zero attached hydrogens (tertiary/aromatic N) is 14. The van der Waals surface area contributed by atoms with E-state index >= 15 is 0 Å². The second-order valence-corrected chi connectivity index (χ2v) is 25.8. The zero-order valence-electron chi connectivity index (χ0n) is 55.1. The molecule has 10 heterocycles. The summed E-state index contributed by atoms with van der Waals surface area (Å²) in [7, 11) is 6.96. The lowest BCUT2D eigenvalue weighted by Crippen LogP contribution is -2.23. The minimum atomic E-state index is -0.216. The average Bonchev–Trinajstić information content (AvgIpc) is 1.65. The Kier molecular flexibility index (Phi) is 22.2. The number of rotatable bonds is 21. The minimum absolute atomic E-state index is 0.0315. The van der Waals surface area contributed by atoms with Crippen LogP contribution in [0.4, 0.5) is 17.8 Å². The Morgan fingerprint density at radius 3 is 1.29 bits per heavy atom. The van der Waals surface area contributed by atoms with Crippen LogP contribution in [0.5, 0.6) is 0 Å². The van der Waals surface area contributed by atoms with Gasteiger partial charge < -0.3 is 50.2 Å². The molecule has 4 aliphatic rings. The van der Waals surface area contributed by atoms with Gasteiger partial charge in [0.2, 0.25) is 17.8 Å². The Hall–Kier alpha value is -7.78. The molecule has 0 bridgehead atoms. The summed E-state index contributed by atoms with van der Waals surface area (Å²) in [6.45, 7) is 11.2. The quantitative estimate of drug-likeness (QED) is 0.0365. The molecule has 1 aliphatic heterocycles. The zero-order chi connectivity index (χ0) is 65.1. The number of ether oxygens (including phenoxy) is 4. The van der Waals surface area contributed by atoms with Gasteiger partial charge in [-0.25, -0.2) is 28.5 Å². The fourth-order valence-electron chi connectivity index (χ4n) is 13.5. The molecule has 3 atom stereocenters. The molecule has 4 fully saturated rings. The number of methoxy groups -OCH3 is 3. The van der Waals surface area contributed by atoms with Gasteiger partial charge in [-0.05, 0) is 135 Å². The molecule has 13 rings (SSSR count). The van der Waals surface area contributed by atoms with Crippen molar-refractivity contribution < 1.29 is 39.1 Å². The highest BCUT2D eigenvalue weighted by Gasteiger charge is 2.30. The molecule has 0 aromatic carbocycles. The Bertz CT molecular complexity index is 3870. The molecule has 498 valence electrons. The normalized spacial score (nSPS) is 21.4. The summed E-state index contributed by atoms with van der Waals surface area (Å²) in [5, 5.41) is 63.3. The fraction of sp³-hybridized carbons (Fsp3) is 0.559. The van der Waals surface area contributed by atoms with Gasteiger partial charge in [0.25, 0.3) is 0 Å². The van der Waals surface area contributed by atoms with E-state index in [0.717, 1.165) is 159 Å². The Labute approximate surface area is 543 Å². The molecule has 9 aromatic heterocycles. The van der Waals surface area contributed by atoms with Gasteiger partial charge in [-0.2, -0.15) is 10.2 Å². The Morgan fingerprint density at radius 2 is 0.925 bits per heavy atom. The number of hydrogen-bond acceptors (Lipinski definition) is 20. The van der Waals surface area contributed by atoms with Crippen LogP contribution in [0.3, 0.4) is 0 Å². The largest absolute Gasteiger partial charge is 0.393 e. The van der Waals surface area contributed by atoms with Gasteiger partial charge in [-0.3, -0.25) is 19.1 Å². The number of hydrogen-bond donors (Lipinski definition) is 6. The summed E-state index contributed by atoms with van der Waals surface area (Å²) < 4.78 is 31.1. The first-order valence-electron chi connectivity index (χ1n) is 33.2. The molecule has 1 saturated heterocycles. The van der Waals surface area contributed by atoms with E-state index in [1.165, 1.54) is 11.4 Å². The van der Waals surface area contributed by atoms with Crippen LogP contribution in [0.2, 0.25) is 0 Å². The number of aryl methyl sites for hydroxylation is 1. The van der Waals surface area contributed by atoms with E-state index in [-0.39, 0.29) is 42.2 Å². The first-order valence-corrected chi connectivity index (χ1v) is 33.2. The number of anilines is 3. The number of pyridine rings is 1. The van der Waals surface area contributed by atoms with Gasteiger partial charge in [0.1, 0.15) is 5.69 Å². The lowest BCUT2D eigenvalue weighted by Gasteiger charge is -2.25. The van der Waals surface area contributed by atoms with E-state index in [4.69, 9.17) is 34.2 Å². The lowest BCUT2D eigenvalue weighted by molar-refractivity contribution is 0.0662. The van der Waals surface area contributed by atoms with Crippen molar-refractivity contribution >= 4 is 40.2 Å². The molecule has 0 unspecified atom stereocenters. The molecule has 6 N–H and O–H groups in total. The predicted molar refractivity (Wildman–Crippen MR) is 356 cm³/mol. The SMILES string of the molecule is CCC(=O)c1ccc(-c2cc(C3CCC(O)CC3)n3nc(N[C@@H](C)COC)ncc23)cn1.COC[C@H](C)Nc1ncc2c(-c3cnn(C)c3)cc(C3CCC(O)CC3)n2n1.COC[C@H](C)Nc1ncc2c(-c3cnn(C4CCOCC4)c3)cc(C3CCC(O)CC3)n2n1. The highest BCUT2D eigenvalue weighted by atomic mass is 16.5. The maximum absolute atomic E-state index is 12.0. The summed E-state index contributed by atoms with van der Waals surface area (Å²) in [5.41, 5.74) is 13.0. The monoisotopic (exact) mass is 1280 g/mol. The number of fused-ring (bicyclic) bond motifs is 3. The van der Waals surface area contributed by atoms with Crippen molar-refractivity contribution in [1.29, 1.82) is 0 Å². The topological polar surface area (TPSA) is 290 Å². The van der Waals surface area contributed by atoms with Gasteiger partial charge in [-0.1, -0.05) is 13.0 Å². The van der Waals surface area contributed by atoms with Crippen LogP contribution in [0.15, 0.2) is 79.9 Å². The van der Waals surface area contributed by atoms with Gasteiger partial charge >= 0.3 is 0 Å². The third kappa shape index (κ3) is 16.1. The van der Waals surface area contributed by atoms with Gasteiger partial charge in [0.15, 0.2) is 5.78 Å². The summed E-state index contributed by atoms with van der Waals surface area (Å²) in [6, 6.07) is 11.0. The van der Waals surface area contributed by atoms with Crippen LogP contribution in [0, 0.1) is 0 Å². The van der Waals surface area contributed by atoms with Crippen LogP contribution in [-0.4, -0.2) is 180 Å². The molecule has 0 amide bonds. The molecular weight excluding hydrogens is 1180 g/mol. The van der Waals surface area contributed by atoms with Crippen molar-refractivity contribution in [2.24, 2.45) is 7.05 Å². The van der Waals surface area contributed by atoms with E-state index in [0.29, 0.717) is 73.6 Å². The number of Topliss-reactive ketones (excluding diaryl/α,β-unsaturated/α-hetero) is 1. The van der Waals surface area contributed by atoms with Crippen LogP contribution in [-0.2, 0) is 26.0 Å².